The first-order chi connectivity index (χ1) is 7.80. The van der Waals surface area contributed by atoms with Crippen LogP contribution in [0.5, 0.6) is 5.75 Å². The van der Waals surface area contributed by atoms with Gasteiger partial charge in [0, 0.05) is 0 Å². The lowest BCUT2D eigenvalue weighted by Crippen LogP contribution is -2.17. The van der Waals surface area contributed by atoms with Crippen LogP contribution in [-0.2, 0) is 10.9 Å². The Bertz CT molecular complexity index is 404. The molecule has 0 amide bonds. The lowest BCUT2D eigenvalue weighted by atomic mass is 10.2. The summed E-state index contributed by atoms with van der Waals surface area (Å²) in [5.41, 5.74) is -2.04. The molecule has 0 N–H and O–H groups in total. The molecule has 1 unspecified atom stereocenters. The van der Waals surface area contributed by atoms with Crippen molar-refractivity contribution < 1.29 is 27.4 Å². The zero-order chi connectivity index (χ0) is 13.1. The van der Waals surface area contributed by atoms with Crippen molar-refractivity contribution in [1.29, 1.82) is 0 Å². The molecule has 1 aromatic rings. The normalized spacial score (nSPS) is 13.0. The number of benzene rings is 1. The molecule has 0 aliphatic heterocycles. The molecule has 0 aliphatic carbocycles. The summed E-state index contributed by atoms with van der Waals surface area (Å²) in [4.78, 5) is 11.0. The quantitative estimate of drug-likeness (QED) is 0.465. The second-order valence-electron chi connectivity index (χ2n) is 3.01. The van der Waals surface area contributed by atoms with Crippen LogP contribution in [0, 0.1) is 0 Å². The first kappa shape index (κ1) is 13.6. The second kappa shape index (κ2) is 5.27. The highest BCUT2D eigenvalue weighted by Crippen LogP contribution is 2.36. The molecule has 0 aliphatic rings. The van der Waals surface area contributed by atoms with E-state index in [1.165, 1.54) is 19.1 Å². The standard InChI is InChI=1S/C10H8ClF3O3/c1-6(11)16-9(15)17-8-5-3-2-4-7(8)10(12,13)14/h2-6H,1H3. The van der Waals surface area contributed by atoms with E-state index < -0.39 is 29.2 Å². The Balaban J connectivity index is 2.88. The van der Waals surface area contributed by atoms with Crippen LogP contribution in [0.3, 0.4) is 0 Å². The number of carbonyl (C=O) groups is 1. The third kappa shape index (κ3) is 4.14. The van der Waals surface area contributed by atoms with Gasteiger partial charge in [-0.05, 0) is 19.1 Å². The Labute approximate surface area is 100 Å². The summed E-state index contributed by atoms with van der Waals surface area (Å²) in [6.45, 7) is 1.33. The molecule has 0 spiro atoms. The molecule has 0 radical (unpaired) electrons. The molecule has 0 saturated carbocycles. The topological polar surface area (TPSA) is 35.5 Å². The molecule has 94 valence electrons. The molecule has 1 rings (SSSR count). The molecule has 3 nitrogen and oxygen atoms in total. The van der Waals surface area contributed by atoms with Crippen molar-refractivity contribution in [3.63, 3.8) is 0 Å². The van der Waals surface area contributed by atoms with Gasteiger partial charge < -0.3 is 9.47 Å². The number of halogens is 4. The number of hydrogen-bond acceptors (Lipinski definition) is 3. The summed E-state index contributed by atoms with van der Waals surface area (Å²) in [7, 11) is 0. The summed E-state index contributed by atoms with van der Waals surface area (Å²) in [6, 6.07) is 4.31. The second-order valence-corrected chi connectivity index (χ2v) is 3.62. The van der Waals surface area contributed by atoms with E-state index in [1.807, 2.05) is 0 Å². The summed E-state index contributed by atoms with van der Waals surface area (Å²) < 4.78 is 46.3. The fourth-order valence-electron chi connectivity index (χ4n) is 1.04. The van der Waals surface area contributed by atoms with Crippen molar-refractivity contribution in [2.24, 2.45) is 0 Å². The smallest absolute Gasteiger partial charge is 0.415 e. The van der Waals surface area contributed by atoms with Gasteiger partial charge in [0.1, 0.15) is 5.75 Å². The largest absolute Gasteiger partial charge is 0.515 e. The van der Waals surface area contributed by atoms with Crippen molar-refractivity contribution in [3.05, 3.63) is 29.8 Å². The number of rotatable bonds is 2. The third-order valence-electron chi connectivity index (χ3n) is 1.64. The summed E-state index contributed by atoms with van der Waals surface area (Å²) >= 11 is 5.32. The van der Waals surface area contributed by atoms with Crippen molar-refractivity contribution in [1.82, 2.24) is 0 Å². The van der Waals surface area contributed by atoms with Gasteiger partial charge >= 0.3 is 12.3 Å². The van der Waals surface area contributed by atoms with Gasteiger partial charge in [0.25, 0.3) is 0 Å². The van der Waals surface area contributed by atoms with E-state index in [1.54, 1.807) is 0 Å². The van der Waals surface area contributed by atoms with Gasteiger partial charge in [0.2, 0.25) is 0 Å². The monoisotopic (exact) mass is 268 g/mol. The molecular weight excluding hydrogens is 261 g/mol. The summed E-state index contributed by atoms with van der Waals surface area (Å²) in [5, 5.41) is 0. The van der Waals surface area contributed by atoms with Gasteiger partial charge in [-0.15, -0.1) is 0 Å². The van der Waals surface area contributed by atoms with Crippen molar-refractivity contribution in [2.45, 2.75) is 18.7 Å². The Morgan fingerprint density at radius 1 is 1.35 bits per heavy atom. The SMILES string of the molecule is CC(Cl)OC(=O)Oc1ccccc1C(F)(F)F. The van der Waals surface area contributed by atoms with Gasteiger partial charge in [0.15, 0.2) is 5.56 Å². The molecule has 0 fully saturated rings. The van der Waals surface area contributed by atoms with E-state index in [0.29, 0.717) is 0 Å². The van der Waals surface area contributed by atoms with Gasteiger partial charge in [-0.1, -0.05) is 23.7 Å². The summed E-state index contributed by atoms with van der Waals surface area (Å²) in [5.74, 6) is -0.623. The molecule has 0 bridgehead atoms. The fraction of sp³-hybridized carbons (Fsp3) is 0.300. The number of carbonyl (C=O) groups excluding carboxylic acids is 1. The van der Waals surface area contributed by atoms with Gasteiger partial charge in [-0.25, -0.2) is 4.79 Å². The Kier molecular flexibility index (Phi) is 4.22. The highest BCUT2D eigenvalue weighted by molar-refractivity contribution is 6.19. The minimum Gasteiger partial charge on any atom is -0.415 e. The molecule has 7 heteroatoms. The highest BCUT2D eigenvalue weighted by atomic mass is 35.5. The Morgan fingerprint density at radius 3 is 2.47 bits per heavy atom. The maximum atomic E-state index is 12.5. The van der Waals surface area contributed by atoms with E-state index in [4.69, 9.17) is 11.6 Å². The van der Waals surface area contributed by atoms with Crippen LogP contribution in [0.2, 0.25) is 0 Å². The lowest BCUT2D eigenvalue weighted by molar-refractivity contribution is -0.138. The maximum Gasteiger partial charge on any atom is 0.515 e. The average molecular weight is 269 g/mol. The van der Waals surface area contributed by atoms with Crippen molar-refractivity contribution in [2.75, 3.05) is 0 Å². The van der Waals surface area contributed by atoms with Crippen LogP contribution in [0.15, 0.2) is 24.3 Å². The maximum absolute atomic E-state index is 12.5. The van der Waals surface area contributed by atoms with Crippen LogP contribution in [0.25, 0.3) is 0 Å². The van der Waals surface area contributed by atoms with Crippen molar-refractivity contribution in [3.8, 4) is 5.75 Å². The first-order valence-electron chi connectivity index (χ1n) is 4.49. The van der Waals surface area contributed by atoms with Crippen LogP contribution < -0.4 is 4.74 Å². The molecule has 17 heavy (non-hydrogen) atoms. The zero-order valence-corrected chi connectivity index (χ0v) is 9.38. The van der Waals surface area contributed by atoms with E-state index >= 15 is 0 Å². The van der Waals surface area contributed by atoms with Crippen LogP contribution in [0.4, 0.5) is 18.0 Å². The number of para-hydroxylation sites is 1. The third-order valence-corrected chi connectivity index (χ3v) is 1.73. The lowest BCUT2D eigenvalue weighted by Gasteiger charge is -2.12. The van der Waals surface area contributed by atoms with Crippen LogP contribution >= 0.6 is 11.6 Å². The minimum atomic E-state index is -4.61. The molecule has 0 heterocycles. The van der Waals surface area contributed by atoms with Crippen molar-refractivity contribution >= 4 is 17.8 Å². The fourth-order valence-corrected chi connectivity index (χ4v) is 1.11. The molecule has 1 atom stereocenters. The predicted octanol–water partition coefficient (Wildman–Crippen LogP) is 3.81. The molecule has 0 aromatic heterocycles. The Hall–Kier alpha value is -1.43. The van der Waals surface area contributed by atoms with Gasteiger partial charge in [-0.2, -0.15) is 13.2 Å². The van der Waals surface area contributed by atoms with E-state index in [2.05, 4.69) is 9.47 Å². The van der Waals surface area contributed by atoms with Crippen LogP contribution in [-0.4, -0.2) is 11.7 Å². The first-order valence-corrected chi connectivity index (χ1v) is 4.93. The van der Waals surface area contributed by atoms with E-state index in [0.717, 1.165) is 12.1 Å². The minimum absolute atomic E-state index is 0.623. The van der Waals surface area contributed by atoms with E-state index in [9.17, 15) is 18.0 Å². The van der Waals surface area contributed by atoms with E-state index in [-0.39, 0.29) is 0 Å². The van der Waals surface area contributed by atoms with Gasteiger partial charge in [0.05, 0.1) is 5.56 Å². The molecule has 1 aromatic carbocycles. The highest BCUT2D eigenvalue weighted by Gasteiger charge is 2.34. The molecule has 0 saturated heterocycles. The number of alkyl halides is 4. The Morgan fingerprint density at radius 2 is 1.94 bits per heavy atom. The molecular formula is C10H8ClF3O3. The zero-order valence-electron chi connectivity index (χ0n) is 8.62. The van der Waals surface area contributed by atoms with Crippen LogP contribution in [0.1, 0.15) is 12.5 Å². The average Bonchev–Trinajstić information content (AvgIpc) is 2.15. The van der Waals surface area contributed by atoms with Gasteiger partial charge in [-0.3, -0.25) is 0 Å². The number of hydrogen-bond donors (Lipinski definition) is 0. The number of ether oxygens (including phenoxy) is 2. The predicted molar refractivity (Wildman–Crippen MR) is 53.9 cm³/mol. The summed E-state index contributed by atoms with van der Waals surface area (Å²) in [6.07, 6.45) is -5.90.